The standard InChI is InChI=1S/C21H15F2N5O3/c1-11-25-17(19(24)30)18-20(26-11)28(15-5-3-2-4-14(15)23)21(31)27(18)10-16(29)12-6-8-13(22)9-7-12/h2-9H,10H2,1H3,(H2,24,30). The first kappa shape index (κ1) is 20.1. The topological polar surface area (TPSA) is 113 Å². The third-order valence-electron chi connectivity index (χ3n) is 4.68. The van der Waals surface area contributed by atoms with Crippen LogP contribution in [0.4, 0.5) is 8.78 Å². The number of imidazole rings is 1. The first-order chi connectivity index (χ1) is 14.8. The van der Waals surface area contributed by atoms with Crippen molar-refractivity contribution >= 4 is 22.9 Å². The van der Waals surface area contributed by atoms with Crippen molar-refractivity contribution in [3.05, 3.63) is 87.7 Å². The molecule has 0 saturated carbocycles. The second kappa shape index (κ2) is 7.56. The van der Waals surface area contributed by atoms with Crippen LogP contribution in [0.1, 0.15) is 26.7 Å². The highest BCUT2D eigenvalue weighted by Gasteiger charge is 2.25. The molecule has 4 rings (SSSR count). The Morgan fingerprint density at radius 1 is 1.03 bits per heavy atom. The highest BCUT2D eigenvalue weighted by atomic mass is 19.1. The van der Waals surface area contributed by atoms with E-state index in [2.05, 4.69) is 9.97 Å². The SMILES string of the molecule is Cc1nc(C(N)=O)c2c(n1)n(-c1ccccc1F)c(=O)n2CC(=O)c1ccc(F)cc1. The number of benzene rings is 2. The van der Waals surface area contributed by atoms with Gasteiger partial charge in [0.2, 0.25) is 0 Å². The number of amides is 1. The number of hydrogen-bond acceptors (Lipinski definition) is 5. The number of halogens is 2. The molecule has 0 aliphatic rings. The lowest BCUT2D eigenvalue weighted by Crippen LogP contribution is -2.27. The van der Waals surface area contributed by atoms with Gasteiger partial charge in [-0.1, -0.05) is 12.1 Å². The smallest absolute Gasteiger partial charge is 0.335 e. The van der Waals surface area contributed by atoms with Crippen LogP contribution in [0.15, 0.2) is 53.3 Å². The summed E-state index contributed by atoms with van der Waals surface area (Å²) >= 11 is 0. The first-order valence-corrected chi connectivity index (χ1v) is 9.11. The molecular formula is C21H15F2N5O3. The van der Waals surface area contributed by atoms with Crippen molar-refractivity contribution in [1.29, 1.82) is 0 Å². The van der Waals surface area contributed by atoms with Crippen molar-refractivity contribution in [2.24, 2.45) is 5.73 Å². The number of fused-ring (bicyclic) bond motifs is 1. The molecule has 10 heteroatoms. The van der Waals surface area contributed by atoms with Crippen LogP contribution in [0.25, 0.3) is 16.9 Å². The number of ketones is 1. The van der Waals surface area contributed by atoms with Crippen molar-refractivity contribution < 1.29 is 18.4 Å². The molecule has 4 aromatic rings. The zero-order valence-corrected chi connectivity index (χ0v) is 16.2. The lowest BCUT2D eigenvalue weighted by Gasteiger charge is -2.06. The van der Waals surface area contributed by atoms with E-state index >= 15 is 0 Å². The number of para-hydroxylation sites is 1. The Hall–Kier alpha value is -4.21. The van der Waals surface area contributed by atoms with Gasteiger partial charge < -0.3 is 5.73 Å². The van der Waals surface area contributed by atoms with Gasteiger partial charge >= 0.3 is 5.69 Å². The summed E-state index contributed by atoms with van der Waals surface area (Å²) in [7, 11) is 0. The molecule has 0 spiro atoms. The molecule has 0 saturated heterocycles. The lowest BCUT2D eigenvalue weighted by atomic mass is 10.1. The van der Waals surface area contributed by atoms with Crippen LogP contribution in [0, 0.1) is 18.6 Å². The average molecular weight is 423 g/mol. The van der Waals surface area contributed by atoms with E-state index in [1.54, 1.807) is 0 Å². The second-order valence-corrected chi connectivity index (χ2v) is 6.74. The van der Waals surface area contributed by atoms with Crippen molar-refractivity contribution in [3.8, 4) is 5.69 Å². The molecule has 2 aromatic carbocycles. The molecule has 31 heavy (non-hydrogen) atoms. The van der Waals surface area contributed by atoms with E-state index in [0.29, 0.717) is 0 Å². The lowest BCUT2D eigenvalue weighted by molar-refractivity contribution is 0.0966. The van der Waals surface area contributed by atoms with Gasteiger partial charge in [0.25, 0.3) is 5.91 Å². The van der Waals surface area contributed by atoms with Crippen molar-refractivity contribution in [2.45, 2.75) is 13.5 Å². The van der Waals surface area contributed by atoms with Gasteiger partial charge in [-0.3, -0.25) is 14.2 Å². The molecule has 156 valence electrons. The molecule has 0 aliphatic heterocycles. The molecule has 8 nitrogen and oxygen atoms in total. The predicted octanol–water partition coefficient (Wildman–Crippen LogP) is 2.15. The number of carbonyl (C=O) groups excluding carboxylic acids is 2. The second-order valence-electron chi connectivity index (χ2n) is 6.74. The average Bonchev–Trinajstić information content (AvgIpc) is 2.99. The van der Waals surface area contributed by atoms with E-state index < -0.39 is 35.6 Å². The number of hydrogen-bond donors (Lipinski definition) is 1. The van der Waals surface area contributed by atoms with Crippen LogP contribution in [-0.4, -0.2) is 30.8 Å². The minimum atomic E-state index is -0.941. The van der Waals surface area contributed by atoms with Crippen LogP contribution in [0.3, 0.4) is 0 Å². The maximum absolute atomic E-state index is 14.5. The fraction of sp³-hybridized carbons (Fsp3) is 0.0952. The molecule has 0 aliphatic carbocycles. The minimum absolute atomic E-state index is 0.0664. The van der Waals surface area contributed by atoms with E-state index in [1.807, 2.05) is 0 Å². The fourth-order valence-electron chi connectivity index (χ4n) is 3.30. The van der Waals surface area contributed by atoms with Crippen LogP contribution >= 0.6 is 0 Å². The van der Waals surface area contributed by atoms with Gasteiger partial charge in [0.1, 0.15) is 23.0 Å². The third-order valence-corrected chi connectivity index (χ3v) is 4.68. The summed E-state index contributed by atoms with van der Waals surface area (Å²) in [5.41, 5.74) is 4.24. The van der Waals surface area contributed by atoms with E-state index in [-0.39, 0.29) is 33.9 Å². The Morgan fingerprint density at radius 3 is 2.35 bits per heavy atom. The summed E-state index contributed by atoms with van der Waals surface area (Å²) < 4.78 is 29.6. The Balaban J connectivity index is 2.00. The number of rotatable bonds is 5. The molecule has 0 radical (unpaired) electrons. The Bertz CT molecular complexity index is 1410. The molecule has 0 unspecified atom stereocenters. The van der Waals surface area contributed by atoms with Gasteiger partial charge in [0.15, 0.2) is 17.1 Å². The van der Waals surface area contributed by atoms with Gasteiger partial charge in [-0.15, -0.1) is 0 Å². The maximum Gasteiger partial charge on any atom is 0.335 e. The zero-order chi connectivity index (χ0) is 22.3. The maximum atomic E-state index is 14.5. The molecule has 2 aromatic heterocycles. The summed E-state index contributed by atoms with van der Waals surface area (Å²) in [4.78, 5) is 46.3. The molecule has 0 bridgehead atoms. The number of nitrogens with zero attached hydrogens (tertiary/aromatic N) is 4. The number of aryl methyl sites for hydroxylation is 1. The van der Waals surface area contributed by atoms with Crippen LogP contribution in [-0.2, 0) is 6.54 Å². The monoisotopic (exact) mass is 423 g/mol. The van der Waals surface area contributed by atoms with Gasteiger partial charge in [-0.05, 0) is 43.3 Å². The molecule has 2 heterocycles. The number of carbonyl (C=O) groups is 2. The van der Waals surface area contributed by atoms with Crippen molar-refractivity contribution in [1.82, 2.24) is 19.1 Å². The van der Waals surface area contributed by atoms with Crippen molar-refractivity contribution in [3.63, 3.8) is 0 Å². The summed E-state index contributed by atoms with van der Waals surface area (Å²) in [6.07, 6.45) is 0. The normalized spacial score (nSPS) is 11.1. The van der Waals surface area contributed by atoms with Crippen molar-refractivity contribution in [2.75, 3.05) is 0 Å². The Morgan fingerprint density at radius 2 is 1.71 bits per heavy atom. The van der Waals surface area contributed by atoms with Crippen LogP contribution < -0.4 is 11.4 Å². The molecule has 2 N–H and O–H groups in total. The quantitative estimate of drug-likeness (QED) is 0.494. The summed E-state index contributed by atoms with van der Waals surface area (Å²) in [5, 5.41) is 0. The zero-order valence-electron chi connectivity index (χ0n) is 16.2. The van der Waals surface area contributed by atoms with Crippen LogP contribution in [0.2, 0.25) is 0 Å². The fourth-order valence-corrected chi connectivity index (χ4v) is 3.30. The first-order valence-electron chi connectivity index (χ1n) is 9.11. The van der Waals surface area contributed by atoms with E-state index in [0.717, 1.165) is 27.3 Å². The Labute approximate surface area is 173 Å². The van der Waals surface area contributed by atoms with Gasteiger partial charge in [0, 0.05) is 5.56 Å². The number of Topliss-reactive ketones (excluding diaryl/α,β-unsaturated/α-hetero) is 1. The number of primary amides is 1. The van der Waals surface area contributed by atoms with E-state index in [1.165, 1.54) is 37.3 Å². The highest BCUT2D eigenvalue weighted by Crippen LogP contribution is 2.21. The van der Waals surface area contributed by atoms with Crippen LogP contribution in [0.5, 0.6) is 0 Å². The predicted molar refractivity (Wildman–Crippen MR) is 107 cm³/mol. The molecule has 0 atom stereocenters. The van der Waals surface area contributed by atoms with Gasteiger partial charge in [-0.2, -0.15) is 0 Å². The highest BCUT2D eigenvalue weighted by molar-refractivity contribution is 6.03. The molecule has 0 fully saturated rings. The Kier molecular flexibility index (Phi) is 4.90. The number of aromatic nitrogens is 4. The summed E-state index contributed by atoms with van der Waals surface area (Å²) in [6.45, 7) is 0.970. The minimum Gasteiger partial charge on any atom is -0.364 e. The molecule has 1 amide bonds. The largest absolute Gasteiger partial charge is 0.364 e. The summed E-state index contributed by atoms with van der Waals surface area (Å²) in [6, 6.07) is 10.3. The summed E-state index contributed by atoms with van der Waals surface area (Å²) in [5.74, 6) is -2.57. The van der Waals surface area contributed by atoms with Gasteiger partial charge in [-0.25, -0.2) is 28.1 Å². The van der Waals surface area contributed by atoms with E-state index in [9.17, 15) is 23.2 Å². The molecular weight excluding hydrogens is 408 g/mol. The third kappa shape index (κ3) is 3.48. The number of nitrogens with two attached hydrogens (primary N) is 1. The van der Waals surface area contributed by atoms with E-state index in [4.69, 9.17) is 5.73 Å². The van der Waals surface area contributed by atoms with Gasteiger partial charge in [0.05, 0.1) is 12.2 Å².